The molecule has 0 saturated heterocycles. The number of rotatable bonds is 6. The highest BCUT2D eigenvalue weighted by Gasteiger charge is 2.04. The van der Waals surface area contributed by atoms with Crippen LogP contribution in [0.1, 0.15) is 5.56 Å². The minimum Gasteiger partial charge on any atom is -0.354 e. The molecule has 2 amide bonds. The number of carbonyl (C=O) groups excluding carboxylic acids is 2. The second-order valence-corrected chi connectivity index (χ2v) is 4.72. The molecule has 0 aliphatic heterocycles. The third-order valence-corrected chi connectivity index (χ3v) is 3.23. The molecule has 2 rings (SSSR count). The lowest BCUT2D eigenvalue weighted by molar-refractivity contribution is -0.125. The molecule has 4 N–H and O–H groups in total. The zero-order chi connectivity index (χ0) is 15.1. The van der Waals surface area contributed by atoms with E-state index in [1.165, 1.54) is 16.3 Å². The van der Waals surface area contributed by atoms with Crippen molar-refractivity contribution >= 4 is 22.6 Å². The van der Waals surface area contributed by atoms with Crippen LogP contribution in [0.2, 0.25) is 0 Å². The van der Waals surface area contributed by atoms with Gasteiger partial charge in [-0.1, -0.05) is 42.5 Å². The Balaban J connectivity index is 1.85. The van der Waals surface area contributed by atoms with Crippen LogP contribution in [0, 0.1) is 0 Å². The summed E-state index contributed by atoms with van der Waals surface area (Å²) < 4.78 is 0. The molecule has 5 nitrogen and oxygen atoms in total. The summed E-state index contributed by atoms with van der Waals surface area (Å²) in [5, 5.41) is 7.61. The summed E-state index contributed by atoms with van der Waals surface area (Å²) in [5.41, 5.74) is 6.34. The average Bonchev–Trinajstić information content (AvgIpc) is 2.52. The number of nitrogens with two attached hydrogens (primary N) is 1. The molecular formula is C16H19N3O2. The fraction of sp³-hybridized carbons (Fsp3) is 0.250. The van der Waals surface area contributed by atoms with E-state index in [9.17, 15) is 9.59 Å². The summed E-state index contributed by atoms with van der Waals surface area (Å²) in [6.45, 7) is 0.389. The van der Waals surface area contributed by atoms with Crippen molar-refractivity contribution in [3.05, 3.63) is 48.0 Å². The van der Waals surface area contributed by atoms with Crippen LogP contribution in [0.25, 0.3) is 10.8 Å². The lowest BCUT2D eigenvalue weighted by Gasteiger charge is -2.08. The van der Waals surface area contributed by atoms with E-state index < -0.39 is 0 Å². The van der Waals surface area contributed by atoms with Gasteiger partial charge in [-0.2, -0.15) is 0 Å². The number of nitrogens with one attached hydrogen (secondary N) is 2. The van der Waals surface area contributed by atoms with Gasteiger partial charge in [-0.15, -0.1) is 0 Å². The summed E-state index contributed by atoms with van der Waals surface area (Å²) in [7, 11) is 0. The lowest BCUT2D eigenvalue weighted by Crippen LogP contribution is -2.40. The standard InChI is InChI=1S/C16H19N3O2/c17-10-15(20)19-11-16(21)18-9-8-13-6-3-5-12-4-1-2-7-14(12)13/h1-7H,8-11,17H2,(H,18,21)(H,19,20). The van der Waals surface area contributed by atoms with E-state index in [-0.39, 0.29) is 24.9 Å². The quantitative estimate of drug-likeness (QED) is 0.725. The van der Waals surface area contributed by atoms with Crippen molar-refractivity contribution < 1.29 is 9.59 Å². The fourth-order valence-corrected chi connectivity index (χ4v) is 2.16. The molecule has 0 saturated carbocycles. The first-order valence-electron chi connectivity index (χ1n) is 6.91. The van der Waals surface area contributed by atoms with Crippen LogP contribution in [0.4, 0.5) is 0 Å². The minimum atomic E-state index is -0.334. The highest BCUT2D eigenvalue weighted by molar-refractivity contribution is 5.86. The van der Waals surface area contributed by atoms with Gasteiger partial charge in [-0.25, -0.2) is 0 Å². The van der Waals surface area contributed by atoms with Gasteiger partial charge in [-0.05, 0) is 22.8 Å². The predicted octanol–water partition coefficient (Wildman–Crippen LogP) is 0.573. The van der Waals surface area contributed by atoms with Crippen molar-refractivity contribution in [3.8, 4) is 0 Å². The summed E-state index contributed by atoms with van der Waals surface area (Å²) >= 11 is 0. The molecule has 0 aliphatic rings. The maximum Gasteiger partial charge on any atom is 0.239 e. The van der Waals surface area contributed by atoms with Gasteiger partial charge in [0.1, 0.15) is 0 Å². The molecule has 0 radical (unpaired) electrons. The minimum absolute atomic E-state index is 0.0361. The van der Waals surface area contributed by atoms with Gasteiger partial charge >= 0.3 is 0 Å². The van der Waals surface area contributed by atoms with Crippen molar-refractivity contribution in [2.45, 2.75) is 6.42 Å². The number of amides is 2. The third-order valence-electron chi connectivity index (χ3n) is 3.23. The smallest absolute Gasteiger partial charge is 0.239 e. The zero-order valence-electron chi connectivity index (χ0n) is 11.8. The second-order valence-electron chi connectivity index (χ2n) is 4.72. The largest absolute Gasteiger partial charge is 0.354 e. The summed E-state index contributed by atoms with van der Waals surface area (Å²) in [5.74, 6) is -0.545. The number of hydrogen-bond acceptors (Lipinski definition) is 3. The summed E-state index contributed by atoms with van der Waals surface area (Å²) in [6, 6.07) is 14.3. The number of benzene rings is 2. The van der Waals surface area contributed by atoms with Crippen molar-refractivity contribution in [2.24, 2.45) is 5.73 Å². The van der Waals surface area contributed by atoms with Gasteiger partial charge in [0.25, 0.3) is 0 Å². The number of fused-ring (bicyclic) bond motifs is 1. The Morgan fingerprint density at radius 2 is 1.71 bits per heavy atom. The molecular weight excluding hydrogens is 266 g/mol. The van der Waals surface area contributed by atoms with Crippen LogP contribution in [-0.2, 0) is 16.0 Å². The molecule has 0 aliphatic carbocycles. The van der Waals surface area contributed by atoms with E-state index in [2.05, 4.69) is 34.9 Å². The van der Waals surface area contributed by atoms with E-state index in [1.807, 2.05) is 18.2 Å². The van der Waals surface area contributed by atoms with Gasteiger partial charge < -0.3 is 16.4 Å². The first kappa shape index (κ1) is 15.0. The van der Waals surface area contributed by atoms with Gasteiger partial charge in [0.15, 0.2) is 0 Å². The Morgan fingerprint density at radius 3 is 2.52 bits per heavy atom. The van der Waals surface area contributed by atoms with Crippen LogP contribution in [0.15, 0.2) is 42.5 Å². The van der Waals surface area contributed by atoms with E-state index in [1.54, 1.807) is 0 Å². The van der Waals surface area contributed by atoms with Crippen LogP contribution >= 0.6 is 0 Å². The molecule has 0 bridgehead atoms. The average molecular weight is 285 g/mol. The Bertz CT molecular complexity index is 635. The van der Waals surface area contributed by atoms with E-state index in [0.29, 0.717) is 6.54 Å². The monoisotopic (exact) mass is 285 g/mol. The fourth-order valence-electron chi connectivity index (χ4n) is 2.16. The topological polar surface area (TPSA) is 84.2 Å². The molecule has 0 aromatic heterocycles. The molecule has 21 heavy (non-hydrogen) atoms. The normalized spacial score (nSPS) is 10.3. The maximum absolute atomic E-state index is 11.6. The molecule has 0 atom stereocenters. The first-order valence-corrected chi connectivity index (χ1v) is 6.91. The zero-order valence-corrected chi connectivity index (χ0v) is 11.8. The van der Waals surface area contributed by atoms with Gasteiger partial charge in [0.05, 0.1) is 13.1 Å². The van der Waals surface area contributed by atoms with Crippen molar-refractivity contribution in [3.63, 3.8) is 0 Å². The molecule has 110 valence electrons. The molecule has 0 heterocycles. The second kappa shape index (κ2) is 7.40. The summed E-state index contributed by atoms with van der Waals surface area (Å²) in [4.78, 5) is 22.5. The van der Waals surface area contributed by atoms with Crippen LogP contribution in [0.5, 0.6) is 0 Å². The highest BCUT2D eigenvalue weighted by atomic mass is 16.2. The van der Waals surface area contributed by atoms with Crippen molar-refractivity contribution in [1.29, 1.82) is 0 Å². The van der Waals surface area contributed by atoms with E-state index >= 15 is 0 Å². The number of carbonyl (C=O) groups is 2. The molecule has 2 aromatic rings. The lowest BCUT2D eigenvalue weighted by atomic mass is 10.0. The van der Waals surface area contributed by atoms with Gasteiger partial charge in [0.2, 0.25) is 11.8 Å². The van der Waals surface area contributed by atoms with Crippen molar-refractivity contribution in [2.75, 3.05) is 19.6 Å². The number of hydrogen-bond donors (Lipinski definition) is 3. The highest BCUT2D eigenvalue weighted by Crippen LogP contribution is 2.18. The third kappa shape index (κ3) is 4.29. The SMILES string of the molecule is NCC(=O)NCC(=O)NCCc1cccc2ccccc12. The van der Waals surface area contributed by atoms with Gasteiger partial charge in [0, 0.05) is 6.54 Å². The Kier molecular flexibility index (Phi) is 5.29. The van der Waals surface area contributed by atoms with E-state index in [0.717, 1.165) is 6.42 Å². The molecule has 0 fully saturated rings. The van der Waals surface area contributed by atoms with Crippen molar-refractivity contribution in [1.82, 2.24) is 10.6 Å². The Morgan fingerprint density at radius 1 is 0.952 bits per heavy atom. The van der Waals surface area contributed by atoms with Gasteiger partial charge in [-0.3, -0.25) is 9.59 Å². The summed E-state index contributed by atoms with van der Waals surface area (Å²) in [6.07, 6.45) is 0.748. The molecule has 0 spiro atoms. The molecule has 0 unspecified atom stereocenters. The van der Waals surface area contributed by atoms with Crippen LogP contribution in [-0.4, -0.2) is 31.4 Å². The molecule has 2 aromatic carbocycles. The predicted molar refractivity (Wildman–Crippen MR) is 82.7 cm³/mol. The Labute approximate surface area is 123 Å². The molecule has 5 heteroatoms. The first-order chi connectivity index (χ1) is 10.2. The van der Waals surface area contributed by atoms with Crippen LogP contribution < -0.4 is 16.4 Å². The maximum atomic E-state index is 11.6. The Hall–Kier alpha value is -2.40. The van der Waals surface area contributed by atoms with Crippen LogP contribution in [0.3, 0.4) is 0 Å². The van der Waals surface area contributed by atoms with E-state index in [4.69, 9.17) is 5.73 Å².